The van der Waals surface area contributed by atoms with Crippen LogP contribution in [0, 0.1) is 0 Å². The number of hydrogen-bond donors (Lipinski definition) is 3. The molecule has 0 aliphatic heterocycles. The zero-order chi connectivity index (χ0) is 14.7. The molecule has 0 aliphatic rings. The Morgan fingerprint density at radius 3 is 3.10 bits per heavy atom. The Labute approximate surface area is 120 Å². The van der Waals surface area contributed by atoms with E-state index in [4.69, 9.17) is 5.11 Å². The number of hydrogen-bond acceptors (Lipinski definition) is 4. The molecule has 0 spiro atoms. The van der Waals surface area contributed by atoms with Crippen molar-refractivity contribution >= 4 is 22.8 Å². The quantitative estimate of drug-likeness (QED) is 0.602. The summed E-state index contributed by atoms with van der Waals surface area (Å²) >= 11 is 0. The number of carbonyl (C=O) groups is 1. The fourth-order valence-electron chi connectivity index (χ4n) is 2.20. The fourth-order valence-corrected chi connectivity index (χ4v) is 2.20. The lowest BCUT2D eigenvalue weighted by molar-refractivity contribution is 0.0697. The number of aryl methyl sites for hydroxylation is 1. The highest BCUT2D eigenvalue weighted by atomic mass is 16.4. The molecule has 3 rings (SSSR count). The molecule has 21 heavy (non-hydrogen) atoms. The minimum absolute atomic E-state index is 0.279. The third-order valence-corrected chi connectivity index (χ3v) is 3.23. The second-order valence-electron chi connectivity index (χ2n) is 4.66. The summed E-state index contributed by atoms with van der Waals surface area (Å²) in [4.78, 5) is 18.0. The molecule has 0 fully saturated rings. The molecule has 108 valence electrons. The molecule has 0 atom stereocenters. The number of benzene rings is 1. The number of aromatic carboxylic acids is 1. The summed E-state index contributed by atoms with van der Waals surface area (Å²) in [5, 5.41) is 17.3. The molecule has 1 aromatic carbocycles. The largest absolute Gasteiger partial charge is 0.478 e. The number of aromatic nitrogens is 4. The number of nitrogens with zero attached hydrogens (tertiary/aromatic N) is 3. The van der Waals surface area contributed by atoms with Crippen molar-refractivity contribution in [1.82, 2.24) is 19.7 Å². The highest BCUT2D eigenvalue weighted by Crippen LogP contribution is 2.16. The number of fused-ring (bicyclic) bond motifs is 1. The lowest BCUT2D eigenvalue weighted by Crippen LogP contribution is -2.08. The normalized spacial score (nSPS) is 10.9. The van der Waals surface area contributed by atoms with Crippen molar-refractivity contribution in [2.24, 2.45) is 0 Å². The van der Waals surface area contributed by atoms with Crippen LogP contribution in [0.15, 0.2) is 36.8 Å². The Balaban J connectivity index is 1.63. The van der Waals surface area contributed by atoms with Crippen LogP contribution in [-0.2, 0) is 6.54 Å². The third kappa shape index (κ3) is 2.86. The van der Waals surface area contributed by atoms with Crippen LogP contribution in [0.5, 0.6) is 0 Å². The van der Waals surface area contributed by atoms with Gasteiger partial charge in [-0.05, 0) is 24.6 Å². The van der Waals surface area contributed by atoms with Crippen molar-refractivity contribution in [3.8, 4) is 0 Å². The van der Waals surface area contributed by atoms with Crippen molar-refractivity contribution < 1.29 is 9.90 Å². The van der Waals surface area contributed by atoms with Gasteiger partial charge in [0.25, 0.3) is 0 Å². The van der Waals surface area contributed by atoms with Gasteiger partial charge in [-0.15, -0.1) is 0 Å². The predicted octanol–water partition coefficient (Wildman–Crippen LogP) is 1.96. The number of aromatic amines is 1. The summed E-state index contributed by atoms with van der Waals surface area (Å²) in [7, 11) is 0. The smallest absolute Gasteiger partial charge is 0.335 e. The van der Waals surface area contributed by atoms with E-state index in [1.54, 1.807) is 36.8 Å². The van der Waals surface area contributed by atoms with Gasteiger partial charge in [-0.25, -0.2) is 9.78 Å². The van der Waals surface area contributed by atoms with Gasteiger partial charge in [0.2, 0.25) is 0 Å². The van der Waals surface area contributed by atoms with Gasteiger partial charge in [-0.2, -0.15) is 5.10 Å². The molecule has 2 aromatic heterocycles. The Hall–Kier alpha value is -2.83. The van der Waals surface area contributed by atoms with Crippen molar-refractivity contribution in [2.75, 3.05) is 11.9 Å². The first-order valence-corrected chi connectivity index (χ1v) is 6.66. The highest BCUT2D eigenvalue weighted by molar-refractivity contribution is 5.93. The molecule has 0 bridgehead atoms. The summed E-state index contributed by atoms with van der Waals surface area (Å²) in [6, 6.07) is 5.04. The molecule has 0 saturated heterocycles. The average molecular weight is 285 g/mol. The maximum atomic E-state index is 10.9. The molecule has 7 nitrogen and oxygen atoms in total. The van der Waals surface area contributed by atoms with E-state index in [-0.39, 0.29) is 5.56 Å². The number of carboxylic acids is 1. The van der Waals surface area contributed by atoms with Gasteiger partial charge in [0.05, 0.1) is 17.3 Å². The number of imidazole rings is 1. The zero-order valence-electron chi connectivity index (χ0n) is 11.3. The lowest BCUT2D eigenvalue weighted by atomic mass is 10.1. The minimum atomic E-state index is -0.924. The first kappa shape index (κ1) is 13.2. The van der Waals surface area contributed by atoms with E-state index in [0.717, 1.165) is 36.4 Å². The predicted molar refractivity (Wildman–Crippen MR) is 78.4 cm³/mol. The van der Waals surface area contributed by atoms with Gasteiger partial charge in [-0.1, -0.05) is 0 Å². The first-order valence-electron chi connectivity index (χ1n) is 6.66. The number of carboxylic acid groups (broad SMARTS) is 1. The molecule has 3 N–H and O–H groups in total. The number of anilines is 1. The average Bonchev–Trinajstić information content (AvgIpc) is 3.12. The van der Waals surface area contributed by atoms with E-state index < -0.39 is 5.97 Å². The van der Waals surface area contributed by atoms with Crippen LogP contribution in [-0.4, -0.2) is 37.4 Å². The van der Waals surface area contributed by atoms with Crippen LogP contribution < -0.4 is 5.32 Å². The van der Waals surface area contributed by atoms with Gasteiger partial charge in [0, 0.05) is 30.9 Å². The topological polar surface area (TPSA) is 95.8 Å². The van der Waals surface area contributed by atoms with E-state index in [1.807, 2.05) is 4.68 Å². The molecule has 0 amide bonds. The zero-order valence-corrected chi connectivity index (χ0v) is 11.3. The second kappa shape index (κ2) is 5.66. The van der Waals surface area contributed by atoms with Crippen molar-refractivity contribution in [3.05, 3.63) is 42.4 Å². The third-order valence-electron chi connectivity index (χ3n) is 3.23. The van der Waals surface area contributed by atoms with E-state index in [2.05, 4.69) is 20.4 Å². The molecule has 2 heterocycles. The maximum absolute atomic E-state index is 10.9. The van der Waals surface area contributed by atoms with Crippen LogP contribution in [0.25, 0.3) is 10.9 Å². The Morgan fingerprint density at radius 1 is 1.43 bits per heavy atom. The molecule has 0 aliphatic carbocycles. The molecule has 0 unspecified atom stereocenters. The highest BCUT2D eigenvalue weighted by Gasteiger charge is 2.07. The Bertz CT molecular complexity index is 748. The van der Waals surface area contributed by atoms with Crippen molar-refractivity contribution in [3.63, 3.8) is 0 Å². The number of rotatable bonds is 6. The minimum Gasteiger partial charge on any atom is -0.478 e. The van der Waals surface area contributed by atoms with Crippen LogP contribution >= 0.6 is 0 Å². The molecular formula is C14H15N5O2. The van der Waals surface area contributed by atoms with Gasteiger partial charge < -0.3 is 15.4 Å². The van der Waals surface area contributed by atoms with E-state index in [1.165, 1.54) is 0 Å². The SMILES string of the molecule is O=C(O)c1ccc2c(cnn2CCCNc2ncc[nH]2)c1. The van der Waals surface area contributed by atoms with Crippen molar-refractivity contribution in [2.45, 2.75) is 13.0 Å². The molecule has 3 aromatic rings. The summed E-state index contributed by atoms with van der Waals surface area (Å²) in [6.45, 7) is 1.53. The number of nitrogens with one attached hydrogen (secondary N) is 2. The maximum Gasteiger partial charge on any atom is 0.335 e. The lowest BCUT2D eigenvalue weighted by Gasteiger charge is -2.05. The molecule has 0 saturated carbocycles. The van der Waals surface area contributed by atoms with Gasteiger partial charge >= 0.3 is 5.97 Å². The van der Waals surface area contributed by atoms with Gasteiger partial charge in [0.15, 0.2) is 5.95 Å². The van der Waals surface area contributed by atoms with Gasteiger partial charge in [0.1, 0.15) is 0 Å². The Kier molecular flexibility index (Phi) is 3.55. The van der Waals surface area contributed by atoms with Crippen molar-refractivity contribution in [1.29, 1.82) is 0 Å². The summed E-state index contributed by atoms with van der Waals surface area (Å²) in [5.41, 5.74) is 1.22. The van der Waals surface area contributed by atoms with Crippen LogP contribution in [0.1, 0.15) is 16.8 Å². The van der Waals surface area contributed by atoms with E-state index in [0.29, 0.717) is 0 Å². The van der Waals surface area contributed by atoms with Crippen LogP contribution in [0.4, 0.5) is 5.95 Å². The van der Waals surface area contributed by atoms with Crippen LogP contribution in [0.2, 0.25) is 0 Å². The molecule has 0 radical (unpaired) electrons. The summed E-state index contributed by atoms with van der Waals surface area (Å²) in [6.07, 6.45) is 6.05. The number of H-pyrrole nitrogens is 1. The monoisotopic (exact) mass is 285 g/mol. The van der Waals surface area contributed by atoms with E-state index in [9.17, 15) is 4.79 Å². The Morgan fingerprint density at radius 2 is 2.33 bits per heavy atom. The first-order chi connectivity index (χ1) is 10.2. The summed E-state index contributed by atoms with van der Waals surface area (Å²) < 4.78 is 1.88. The molecule has 7 heteroatoms. The standard InChI is InChI=1S/C14H15N5O2/c20-13(21)10-2-3-12-11(8-10)9-18-19(12)7-1-4-15-14-16-5-6-17-14/h2-3,5-6,8-9H,1,4,7H2,(H,20,21)(H2,15,16,17). The van der Waals surface area contributed by atoms with Crippen LogP contribution in [0.3, 0.4) is 0 Å². The van der Waals surface area contributed by atoms with Gasteiger partial charge in [-0.3, -0.25) is 4.68 Å². The fraction of sp³-hybridized carbons (Fsp3) is 0.214. The second-order valence-corrected chi connectivity index (χ2v) is 4.66. The molecular weight excluding hydrogens is 270 g/mol. The summed E-state index contributed by atoms with van der Waals surface area (Å²) in [5.74, 6) is -0.168. The van der Waals surface area contributed by atoms with E-state index >= 15 is 0 Å².